The molecule has 0 aromatic heterocycles. The summed E-state index contributed by atoms with van der Waals surface area (Å²) in [5, 5.41) is 0. The fourth-order valence-electron chi connectivity index (χ4n) is 1.90. The van der Waals surface area contributed by atoms with Gasteiger partial charge >= 0.3 is 0 Å². The Morgan fingerprint density at radius 1 is 1.08 bits per heavy atom. The number of hydrogen-bond donors (Lipinski definition) is 1. The highest BCUT2D eigenvalue weighted by molar-refractivity contribution is 4.73. The average Bonchev–Trinajstić information content (AvgIpc) is 2.14. The van der Waals surface area contributed by atoms with Crippen molar-refractivity contribution in [3.05, 3.63) is 0 Å². The molecular weight excluding hydrogens is 158 g/mol. The van der Waals surface area contributed by atoms with E-state index in [4.69, 9.17) is 5.73 Å². The van der Waals surface area contributed by atoms with Gasteiger partial charge in [0.2, 0.25) is 0 Å². The number of hydrogen-bond acceptors (Lipinski definition) is 1. The third-order valence-corrected chi connectivity index (χ3v) is 3.15. The monoisotopic (exact) mass is 185 g/mol. The van der Waals surface area contributed by atoms with E-state index in [1.807, 2.05) is 0 Å². The second-order valence-corrected chi connectivity index (χ2v) is 4.37. The summed E-state index contributed by atoms with van der Waals surface area (Å²) >= 11 is 0. The summed E-state index contributed by atoms with van der Waals surface area (Å²) in [7, 11) is 0. The molecule has 0 aliphatic carbocycles. The van der Waals surface area contributed by atoms with Crippen molar-refractivity contribution in [3.8, 4) is 0 Å². The van der Waals surface area contributed by atoms with Crippen molar-refractivity contribution in [3.63, 3.8) is 0 Å². The summed E-state index contributed by atoms with van der Waals surface area (Å²) in [6.07, 6.45) is 6.25. The Hall–Kier alpha value is -0.0400. The Labute approximate surface area is 84.1 Å². The van der Waals surface area contributed by atoms with Crippen LogP contribution in [0.25, 0.3) is 0 Å². The van der Waals surface area contributed by atoms with Crippen LogP contribution in [0.1, 0.15) is 59.8 Å². The van der Waals surface area contributed by atoms with Crippen molar-refractivity contribution in [2.45, 2.75) is 65.8 Å². The third kappa shape index (κ3) is 5.30. The minimum atomic E-state index is 0.434. The van der Waals surface area contributed by atoms with Gasteiger partial charge in [-0.1, -0.05) is 47.0 Å². The van der Waals surface area contributed by atoms with Crippen molar-refractivity contribution in [2.75, 3.05) is 0 Å². The first kappa shape index (κ1) is 13.0. The lowest BCUT2D eigenvalue weighted by Crippen LogP contribution is -2.30. The van der Waals surface area contributed by atoms with Gasteiger partial charge in [-0.05, 0) is 24.7 Å². The lowest BCUT2D eigenvalue weighted by Gasteiger charge is -2.24. The third-order valence-electron chi connectivity index (χ3n) is 3.15. The molecule has 0 bridgehead atoms. The van der Waals surface area contributed by atoms with Gasteiger partial charge in [0.1, 0.15) is 0 Å². The highest BCUT2D eigenvalue weighted by atomic mass is 14.6. The quantitative estimate of drug-likeness (QED) is 0.644. The van der Waals surface area contributed by atoms with Gasteiger partial charge in [-0.25, -0.2) is 0 Å². The molecule has 0 radical (unpaired) electrons. The maximum absolute atomic E-state index is 6.14. The predicted octanol–water partition coefficient (Wildman–Crippen LogP) is 3.58. The van der Waals surface area contributed by atoms with Crippen LogP contribution in [0.2, 0.25) is 0 Å². The molecule has 3 atom stereocenters. The van der Waals surface area contributed by atoms with Crippen LogP contribution in [-0.2, 0) is 0 Å². The Kier molecular flexibility index (Phi) is 7.35. The Morgan fingerprint density at radius 3 is 2.08 bits per heavy atom. The van der Waals surface area contributed by atoms with Crippen LogP contribution in [0.15, 0.2) is 0 Å². The zero-order valence-electron chi connectivity index (χ0n) is 9.84. The van der Waals surface area contributed by atoms with Gasteiger partial charge in [-0.2, -0.15) is 0 Å². The number of rotatable bonds is 7. The molecule has 3 unspecified atom stereocenters. The first-order chi connectivity index (χ1) is 6.15. The van der Waals surface area contributed by atoms with Gasteiger partial charge in [0, 0.05) is 6.04 Å². The van der Waals surface area contributed by atoms with Gasteiger partial charge in [-0.15, -0.1) is 0 Å². The first-order valence-corrected chi connectivity index (χ1v) is 5.91. The smallest absolute Gasteiger partial charge is 0.00670 e. The molecule has 0 spiro atoms. The van der Waals surface area contributed by atoms with Crippen molar-refractivity contribution in [1.82, 2.24) is 0 Å². The Balaban J connectivity index is 3.86. The van der Waals surface area contributed by atoms with E-state index in [-0.39, 0.29) is 0 Å². The minimum absolute atomic E-state index is 0.434. The van der Waals surface area contributed by atoms with E-state index >= 15 is 0 Å². The Morgan fingerprint density at radius 2 is 1.69 bits per heavy atom. The normalized spacial score (nSPS) is 18.2. The van der Waals surface area contributed by atoms with Crippen LogP contribution in [0, 0.1) is 11.8 Å². The van der Waals surface area contributed by atoms with Gasteiger partial charge in [0.25, 0.3) is 0 Å². The zero-order valence-corrected chi connectivity index (χ0v) is 9.84. The lowest BCUT2D eigenvalue weighted by molar-refractivity contribution is 0.308. The first-order valence-electron chi connectivity index (χ1n) is 5.91. The minimum Gasteiger partial charge on any atom is -0.327 e. The molecule has 0 aromatic carbocycles. The molecular formula is C12H27N. The molecule has 0 aliphatic rings. The molecule has 0 saturated heterocycles. The summed E-state index contributed by atoms with van der Waals surface area (Å²) in [6, 6.07) is 0.434. The molecule has 0 heterocycles. The topological polar surface area (TPSA) is 26.0 Å². The molecule has 0 amide bonds. The summed E-state index contributed by atoms with van der Waals surface area (Å²) in [5.74, 6) is 1.59. The largest absolute Gasteiger partial charge is 0.327 e. The summed E-state index contributed by atoms with van der Waals surface area (Å²) < 4.78 is 0. The van der Waals surface area contributed by atoms with Crippen LogP contribution >= 0.6 is 0 Å². The van der Waals surface area contributed by atoms with Crippen molar-refractivity contribution < 1.29 is 0 Å². The fourth-order valence-corrected chi connectivity index (χ4v) is 1.90. The van der Waals surface area contributed by atoms with Crippen molar-refractivity contribution >= 4 is 0 Å². The zero-order chi connectivity index (χ0) is 10.3. The molecule has 13 heavy (non-hydrogen) atoms. The molecule has 0 saturated carbocycles. The standard InChI is InChI=1S/C12H27N/c1-5-8-12(13)11(7-3)9-10(4)6-2/h10-12H,5-9,13H2,1-4H3. The Bertz CT molecular complexity index is 112. The lowest BCUT2D eigenvalue weighted by atomic mass is 9.85. The van der Waals surface area contributed by atoms with Gasteiger partial charge in [-0.3, -0.25) is 0 Å². The second kappa shape index (κ2) is 7.37. The maximum Gasteiger partial charge on any atom is 0.00670 e. The van der Waals surface area contributed by atoms with Gasteiger partial charge in [0.05, 0.1) is 0 Å². The summed E-state index contributed by atoms with van der Waals surface area (Å²) in [5.41, 5.74) is 6.14. The van der Waals surface area contributed by atoms with Crippen molar-refractivity contribution in [1.29, 1.82) is 0 Å². The molecule has 80 valence electrons. The van der Waals surface area contributed by atoms with Crippen LogP contribution < -0.4 is 5.73 Å². The summed E-state index contributed by atoms with van der Waals surface area (Å²) in [6.45, 7) is 9.09. The van der Waals surface area contributed by atoms with Gasteiger partial charge in [0.15, 0.2) is 0 Å². The van der Waals surface area contributed by atoms with Crippen LogP contribution in [0.5, 0.6) is 0 Å². The SMILES string of the molecule is CCCC(N)C(CC)CC(C)CC. The molecule has 0 aromatic rings. The van der Waals surface area contributed by atoms with Crippen LogP contribution in [0.3, 0.4) is 0 Å². The van der Waals surface area contributed by atoms with E-state index < -0.39 is 0 Å². The van der Waals surface area contributed by atoms with E-state index in [0.29, 0.717) is 6.04 Å². The highest BCUT2D eigenvalue weighted by Gasteiger charge is 2.16. The molecule has 1 nitrogen and oxygen atoms in total. The molecule has 1 heteroatoms. The van der Waals surface area contributed by atoms with Crippen LogP contribution in [0.4, 0.5) is 0 Å². The second-order valence-electron chi connectivity index (χ2n) is 4.37. The molecule has 2 N–H and O–H groups in total. The van der Waals surface area contributed by atoms with Crippen LogP contribution in [-0.4, -0.2) is 6.04 Å². The predicted molar refractivity (Wildman–Crippen MR) is 60.7 cm³/mol. The van der Waals surface area contributed by atoms with E-state index in [2.05, 4.69) is 27.7 Å². The molecule has 0 fully saturated rings. The average molecular weight is 185 g/mol. The number of nitrogens with two attached hydrogens (primary N) is 1. The molecule has 0 aliphatic heterocycles. The maximum atomic E-state index is 6.14. The molecule has 0 rings (SSSR count). The summed E-state index contributed by atoms with van der Waals surface area (Å²) in [4.78, 5) is 0. The van der Waals surface area contributed by atoms with Crippen molar-refractivity contribution in [2.24, 2.45) is 17.6 Å². The highest BCUT2D eigenvalue weighted by Crippen LogP contribution is 2.22. The fraction of sp³-hybridized carbons (Fsp3) is 1.00. The van der Waals surface area contributed by atoms with E-state index in [0.717, 1.165) is 11.8 Å². The van der Waals surface area contributed by atoms with Gasteiger partial charge < -0.3 is 5.73 Å². The van der Waals surface area contributed by atoms with E-state index in [9.17, 15) is 0 Å². The van der Waals surface area contributed by atoms with E-state index in [1.54, 1.807) is 0 Å². The van der Waals surface area contributed by atoms with E-state index in [1.165, 1.54) is 32.1 Å².